The van der Waals surface area contributed by atoms with Gasteiger partial charge in [-0.05, 0) is 18.6 Å². The molecule has 1 rings (SSSR count). The van der Waals surface area contributed by atoms with Crippen molar-refractivity contribution in [1.82, 2.24) is 5.32 Å². The second-order valence-corrected chi connectivity index (χ2v) is 3.91. The van der Waals surface area contributed by atoms with Crippen molar-refractivity contribution in [2.24, 2.45) is 0 Å². The highest BCUT2D eigenvalue weighted by atomic mass is 35.5. The largest absolute Gasteiger partial charge is 0.352 e. The van der Waals surface area contributed by atoms with E-state index in [1.807, 2.05) is 6.92 Å². The van der Waals surface area contributed by atoms with E-state index in [0.29, 0.717) is 6.54 Å². The molecule has 0 aliphatic heterocycles. The first-order valence-corrected chi connectivity index (χ1v) is 5.66. The van der Waals surface area contributed by atoms with Crippen molar-refractivity contribution in [3.8, 4) is 0 Å². The molecule has 17 heavy (non-hydrogen) atoms. The number of unbranched alkanes of at least 4 members (excludes halogenated alkanes) is 1. The van der Waals surface area contributed by atoms with E-state index in [9.17, 15) is 14.9 Å². The predicted octanol–water partition coefficient (Wildman–Crippen LogP) is 2.78. The number of rotatable bonds is 5. The zero-order valence-electron chi connectivity index (χ0n) is 9.40. The van der Waals surface area contributed by atoms with Crippen LogP contribution < -0.4 is 5.32 Å². The first kappa shape index (κ1) is 13.4. The van der Waals surface area contributed by atoms with Crippen LogP contribution in [0.2, 0.25) is 5.02 Å². The van der Waals surface area contributed by atoms with Gasteiger partial charge in [0.2, 0.25) is 0 Å². The molecular weight excluding hydrogens is 244 g/mol. The fraction of sp³-hybridized carbons (Fsp3) is 0.364. The van der Waals surface area contributed by atoms with Gasteiger partial charge in [0, 0.05) is 6.54 Å². The summed E-state index contributed by atoms with van der Waals surface area (Å²) in [6.45, 7) is 2.49. The third kappa shape index (κ3) is 3.42. The van der Waals surface area contributed by atoms with Gasteiger partial charge in [-0.1, -0.05) is 31.0 Å². The predicted molar refractivity (Wildman–Crippen MR) is 65.3 cm³/mol. The van der Waals surface area contributed by atoms with Crippen LogP contribution in [0.1, 0.15) is 30.1 Å². The number of nitro groups is 1. The number of hydrogen-bond donors (Lipinski definition) is 1. The average molecular weight is 257 g/mol. The van der Waals surface area contributed by atoms with E-state index in [-0.39, 0.29) is 16.3 Å². The van der Waals surface area contributed by atoms with E-state index in [1.54, 1.807) is 0 Å². The van der Waals surface area contributed by atoms with Crippen LogP contribution in [-0.4, -0.2) is 17.4 Å². The molecule has 0 aliphatic rings. The first-order chi connectivity index (χ1) is 8.07. The van der Waals surface area contributed by atoms with Crippen molar-refractivity contribution < 1.29 is 9.72 Å². The molecule has 92 valence electrons. The van der Waals surface area contributed by atoms with Gasteiger partial charge in [0.05, 0.1) is 4.92 Å². The monoisotopic (exact) mass is 256 g/mol. The number of halogens is 1. The van der Waals surface area contributed by atoms with Crippen molar-refractivity contribution >= 4 is 23.2 Å². The van der Waals surface area contributed by atoms with Crippen LogP contribution in [0, 0.1) is 10.1 Å². The fourth-order valence-electron chi connectivity index (χ4n) is 1.36. The van der Waals surface area contributed by atoms with E-state index in [4.69, 9.17) is 11.6 Å². The van der Waals surface area contributed by atoms with Gasteiger partial charge < -0.3 is 5.32 Å². The number of nitro benzene ring substituents is 1. The van der Waals surface area contributed by atoms with E-state index < -0.39 is 10.8 Å². The van der Waals surface area contributed by atoms with Crippen molar-refractivity contribution in [2.75, 3.05) is 6.54 Å². The van der Waals surface area contributed by atoms with Gasteiger partial charge in [0.15, 0.2) is 0 Å². The lowest BCUT2D eigenvalue weighted by atomic mass is 10.1. The molecule has 0 radical (unpaired) electrons. The molecule has 1 amide bonds. The van der Waals surface area contributed by atoms with Gasteiger partial charge in [-0.2, -0.15) is 0 Å². The summed E-state index contributed by atoms with van der Waals surface area (Å²) in [5, 5.41) is 13.4. The Morgan fingerprint density at radius 2 is 2.24 bits per heavy atom. The van der Waals surface area contributed by atoms with Crippen molar-refractivity contribution in [3.05, 3.63) is 38.9 Å². The van der Waals surface area contributed by atoms with Crippen LogP contribution in [0.25, 0.3) is 0 Å². The third-order valence-electron chi connectivity index (χ3n) is 2.23. The number of benzene rings is 1. The minimum absolute atomic E-state index is 0.00129. The van der Waals surface area contributed by atoms with Crippen molar-refractivity contribution in [1.29, 1.82) is 0 Å². The molecule has 0 spiro atoms. The van der Waals surface area contributed by atoms with Gasteiger partial charge in [0.25, 0.3) is 5.91 Å². The minimum atomic E-state index is -0.642. The van der Waals surface area contributed by atoms with Crippen LogP contribution in [0.15, 0.2) is 18.2 Å². The molecule has 0 saturated carbocycles. The number of carbonyl (C=O) groups is 1. The van der Waals surface area contributed by atoms with Gasteiger partial charge >= 0.3 is 5.69 Å². The first-order valence-electron chi connectivity index (χ1n) is 5.29. The van der Waals surface area contributed by atoms with Gasteiger partial charge in [-0.15, -0.1) is 0 Å². The number of amides is 1. The van der Waals surface area contributed by atoms with Gasteiger partial charge in [-0.3, -0.25) is 14.9 Å². The zero-order valence-corrected chi connectivity index (χ0v) is 10.2. The summed E-state index contributed by atoms with van der Waals surface area (Å²) in [6, 6.07) is 4.30. The Hall–Kier alpha value is -1.62. The lowest BCUT2D eigenvalue weighted by Crippen LogP contribution is -2.25. The molecule has 5 nitrogen and oxygen atoms in total. The van der Waals surface area contributed by atoms with E-state index in [1.165, 1.54) is 18.2 Å². The number of nitrogens with zero attached hydrogens (tertiary/aromatic N) is 1. The second kappa shape index (κ2) is 6.20. The summed E-state index contributed by atoms with van der Waals surface area (Å²) < 4.78 is 0. The van der Waals surface area contributed by atoms with Gasteiger partial charge in [0.1, 0.15) is 10.6 Å². The van der Waals surface area contributed by atoms with Gasteiger partial charge in [-0.25, -0.2) is 0 Å². The molecule has 0 fully saturated rings. The van der Waals surface area contributed by atoms with E-state index >= 15 is 0 Å². The van der Waals surface area contributed by atoms with Crippen molar-refractivity contribution in [2.45, 2.75) is 19.8 Å². The van der Waals surface area contributed by atoms with Crippen LogP contribution in [0.3, 0.4) is 0 Å². The van der Waals surface area contributed by atoms with E-state index in [0.717, 1.165) is 12.8 Å². The molecule has 1 aromatic carbocycles. The smallest absolute Gasteiger partial charge is 0.300 e. The van der Waals surface area contributed by atoms with Crippen LogP contribution >= 0.6 is 11.6 Å². The molecule has 1 N–H and O–H groups in total. The second-order valence-electron chi connectivity index (χ2n) is 3.50. The number of para-hydroxylation sites is 1. The molecule has 0 atom stereocenters. The van der Waals surface area contributed by atoms with Crippen LogP contribution in [-0.2, 0) is 0 Å². The maximum absolute atomic E-state index is 11.7. The number of nitrogens with one attached hydrogen (secondary N) is 1. The quantitative estimate of drug-likeness (QED) is 0.500. The highest BCUT2D eigenvalue weighted by Gasteiger charge is 2.22. The Morgan fingerprint density at radius 1 is 1.53 bits per heavy atom. The summed E-state index contributed by atoms with van der Waals surface area (Å²) >= 11 is 5.71. The van der Waals surface area contributed by atoms with Crippen molar-refractivity contribution in [3.63, 3.8) is 0 Å². The highest BCUT2D eigenvalue weighted by Crippen LogP contribution is 2.27. The lowest BCUT2D eigenvalue weighted by Gasteiger charge is -2.05. The zero-order chi connectivity index (χ0) is 12.8. The van der Waals surface area contributed by atoms with Crippen LogP contribution in [0.5, 0.6) is 0 Å². The summed E-state index contributed by atoms with van der Waals surface area (Å²) in [5.41, 5.74) is -0.346. The molecule has 0 saturated heterocycles. The molecule has 0 unspecified atom stereocenters. The molecule has 0 heterocycles. The molecule has 6 heteroatoms. The summed E-state index contributed by atoms with van der Waals surface area (Å²) in [6.07, 6.45) is 1.78. The SMILES string of the molecule is CCCCNC(=O)c1cccc(Cl)c1[N+](=O)[O-]. The normalized spacial score (nSPS) is 10.0. The Labute approximate surface area is 104 Å². The Morgan fingerprint density at radius 3 is 2.82 bits per heavy atom. The highest BCUT2D eigenvalue weighted by molar-refractivity contribution is 6.33. The summed E-state index contributed by atoms with van der Waals surface area (Å²) in [5.74, 6) is -0.465. The fourth-order valence-corrected chi connectivity index (χ4v) is 1.60. The van der Waals surface area contributed by atoms with E-state index in [2.05, 4.69) is 5.32 Å². The maximum Gasteiger partial charge on any atom is 0.300 e. The molecule has 1 aromatic rings. The number of hydrogen-bond acceptors (Lipinski definition) is 3. The molecule has 0 aliphatic carbocycles. The number of carbonyl (C=O) groups excluding carboxylic acids is 1. The van der Waals surface area contributed by atoms with Crippen LogP contribution in [0.4, 0.5) is 5.69 Å². The third-order valence-corrected chi connectivity index (χ3v) is 2.53. The maximum atomic E-state index is 11.7. The summed E-state index contributed by atoms with van der Waals surface area (Å²) in [7, 11) is 0. The average Bonchev–Trinajstić information content (AvgIpc) is 2.28. The summed E-state index contributed by atoms with van der Waals surface area (Å²) in [4.78, 5) is 21.9. The Bertz CT molecular complexity index is 435. The Balaban J connectivity index is 2.93. The molecule has 0 bridgehead atoms. The Kier molecular flexibility index (Phi) is 4.90. The topological polar surface area (TPSA) is 72.2 Å². The molecular formula is C11H13ClN2O3. The minimum Gasteiger partial charge on any atom is -0.352 e. The molecule has 0 aromatic heterocycles. The lowest BCUT2D eigenvalue weighted by molar-refractivity contribution is -0.385. The standard InChI is InChI=1S/C11H13ClN2O3/c1-2-3-7-13-11(15)8-5-4-6-9(12)10(8)14(16)17/h4-6H,2-3,7H2,1H3,(H,13,15).